The maximum Gasteiger partial charge on any atom is 0.236 e. The van der Waals surface area contributed by atoms with Crippen molar-refractivity contribution in [2.45, 2.75) is 18.3 Å². The third-order valence-electron chi connectivity index (χ3n) is 5.60. The summed E-state index contributed by atoms with van der Waals surface area (Å²) < 4.78 is 26.7. The number of hydrogen-bond donors (Lipinski definition) is 0. The van der Waals surface area contributed by atoms with Gasteiger partial charge in [0.2, 0.25) is 15.9 Å². The highest BCUT2D eigenvalue weighted by Gasteiger charge is 2.53. The number of sulfonamides is 1. The lowest BCUT2D eigenvalue weighted by Gasteiger charge is -2.35. The fourth-order valence-electron chi connectivity index (χ4n) is 3.77. The highest BCUT2D eigenvalue weighted by Crippen LogP contribution is 2.49. The Bertz CT molecular complexity index is 959. The summed E-state index contributed by atoms with van der Waals surface area (Å²) in [6, 6.07) is 19.3. The van der Waals surface area contributed by atoms with E-state index in [4.69, 9.17) is 0 Å². The van der Waals surface area contributed by atoms with E-state index in [0.717, 1.165) is 24.0 Å². The monoisotopic (exact) mass is 396 g/mol. The molecule has 1 aliphatic heterocycles. The van der Waals surface area contributed by atoms with E-state index in [0.29, 0.717) is 26.2 Å². The minimum atomic E-state index is -3.49. The molecular weight excluding hydrogens is 372 g/mol. The van der Waals surface area contributed by atoms with E-state index in [2.05, 4.69) is 0 Å². The Morgan fingerprint density at radius 1 is 0.857 bits per heavy atom. The lowest BCUT2D eigenvalue weighted by molar-refractivity contribution is -0.135. The predicted octanol–water partition coefficient (Wildman–Crippen LogP) is 2.86. The number of rotatable bonds is 5. The van der Waals surface area contributed by atoms with Gasteiger partial charge in [-0.3, -0.25) is 4.79 Å². The van der Waals surface area contributed by atoms with E-state index in [1.165, 1.54) is 9.71 Å². The highest BCUT2D eigenvalue weighted by atomic mass is 32.2. The molecule has 0 aromatic heterocycles. The largest absolute Gasteiger partial charge is 0.339 e. The van der Waals surface area contributed by atoms with Crippen LogP contribution in [0.25, 0.3) is 6.08 Å². The summed E-state index contributed by atoms with van der Waals surface area (Å²) in [6.07, 6.45) is 3.35. The van der Waals surface area contributed by atoms with Crippen LogP contribution in [0.1, 0.15) is 24.0 Å². The Morgan fingerprint density at radius 3 is 2.00 bits per heavy atom. The SMILES string of the molecule is O=C(N1CCN(S(=O)(=O)C=Cc2ccccc2)CC1)C1(c2ccccc2)CC1. The number of benzene rings is 2. The standard InChI is InChI=1S/C22H24N2O3S/c25-21(22(12-13-22)20-9-5-2-6-10-20)23-14-16-24(17-15-23)28(26,27)18-11-19-7-3-1-4-8-19/h1-11,18H,12-17H2. The molecule has 1 saturated heterocycles. The fraction of sp³-hybridized carbons (Fsp3) is 0.318. The molecule has 146 valence electrons. The first kappa shape index (κ1) is 18.9. The zero-order valence-electron chi connectivity index (χ0n) is 15.7. The molecule has 2 fully saturated rings. The van der Waals surface area contributed by atoms with Crippen LogP contribution in [0, 0.1) is 0 Å². The molecule has 0 spiro atoms. The van der Waals surface area contributed by atoms with Gasteiger partial charge in [0.25, 0.3) is 0 Å². The number of amides is 1. The maximum absolute atomic E-state index is 13.1. The van der Waals surface area contributed by atoms with Crippen LogP contribution in [0.3, 0.4) is 0 Å². The van der Waals surface area contributed by atoms with E-state index in [-0.39, 0.29) is 5.91 Å². The molecule has 0 unspecified atom stereocenters. The summed E-state index contributed by atoms with van der Waals surface area (Å²) in [5, 5.41) is 1.26. The smallest absolute Gasteiger partial charge is 0.236 e. The van der Waals surface area contributed by atoms with Gasteiger partial charge in [-0.15, -0.1) is 0 Å². The minimum Gasteiger partial charge on any atom is -0.339 e. The van der Waals surface area contributed by atoms with Crippen molar-refractivity contribution in [3.8, 4) is 0 Å². The van der Waals surface area contributed by atoms with Gasteiger partial charge in [0.1, 0.15) is 0 Å². The van der Waals surface area contributed by atoms with Crippen molar-refractivity contribution in [1.82, 2.24) is 9.21 Å². The second-order valence-corrected chi connectivity index (χ2v) is 9.22. The molecule has 0 N–H and O–H groups in total. The molecule has 0 bridgehead atoms. The summed E-state index contributed by atoms with van der Waals surface area (Å²) in [6.45, 7) is 1.54. The third kappa shape index (κ3) is 3.75. The van der Waals surface area contributed by atoms with Crippen LogP contribution in [-0.2, 0) is 20.2 Å². The van der Waals surface area contributed by atoms with Gasteiger partial charge in [0.05, 0.1) is 5.41 Å². The molecule has 5 nitrogen and oxygen atoms in total. The molecule has 6 heteroatoms. The van der Waals surface area contributed by atoms with E-state index >= 15 is 0 Å². The van der Waals surface area contributed by atoms with Gasteiger partial charge in [0.15, 0.2) is 0 Å². The van der Waals surface area contributed by atoms with Crippen LogP contribution < -0.4 is 0 Å². The number of nitrogens with zero attached hydrogens (tertiary/aromatic N) is 2. The predicted molar refractivity (Wildman–Crippen MR) is 110 cm³/mol. The molecule has 0 atom stereocenters. The lowest BCUT2D eigenvalue weighted by Crippen LogP contribution is -2.52. The van der Waals surface area contributed by atoms with E-state index in [1.54, 1.807) is 6.08 Å². The van der Waals surface area contributed by atoms with E-state index < -0.39 is 15.4 Å². The van der Waals surface area contributed by atoms with Crippen molar-refractivity contribution in [2.75, 3.05) is 26.2 Å². The van der Waals surface area contributed by atoms with Crippen LogP contribution in [0.5, 0.6) is 0 Å². The molecule has 1 aliphatic carbocycles. The van der Waals surface area contributed by atoms with Gasteiger partial charge in [-0.2, -0.15) is 4.31 Å². The first-order chi connectivity index (χ1) is 13.5. The maximum atomic E-state index is 13.1. The molecule has 2 aromatic carbocycles. The Hall–Kier alpha value is -2.44. The Balaban J connectivity index is 1.39. The van der Waals surface area contributed by atoms with Gasteiger partial charge in [-0.25, -0.2) is 8.42 Å². The summed E-state index contributed by atoms with van der Waals surface area (Å²) in [5.41, 5.74) is 1.52. The zero-order valence-corrected chi connectivity index (χ0v) is 16.5. The van der Waals surface area contributed by atoms with Gasteiger partial charge >= 0.3 is 0 Å². The quantitative estimate of drug-likeness (QED) is 0.781. The molecule has 28 heavy (non-hydrogen) atoms. The van der Waals surface area contributed by atoms with Crippen LogP contribution in [0.4, 0.5) is 0 Å². The Kier molecular flexibility index (Phi) is 5.08. The topological polar surface area (TPSA) is 57.7 Å². The molecule has 1 amide bonds. The zero-order chi connectivity index (χ0) is 19.6. The van der Waals surface area contributed by atoms with Crippen molar-refractivity contribution >= 4 is 22.0 Å². The van der Waals surface area contributed by atoms with E-state index in [1.807, 2.05) is 65.6 Å². The molecule has 0 radical (unpaired) electrons. The Labute approximate surface area is 166 Å². The van der Waals surface area contributed by atoms with Gasteiger partial charge < -0.3 is 4.90 Å². The average molecular weight is 397 g/mol. The van der Waals surface area contributed by atoms with Crippen LogP contribution in [-0.4, -0.2) is 49.7 Å². The molecule has 1 saturated carbocycles. The summed E-state index contributed by atoms with van der Waals surface area (Å²) in [5.74, 6) is 0.135. The summed E-state index contributed by atoms with van der Waals surface area (Å²) in [4.78, 5) is 14.9. The summed E-state index contributed by atoms with van der Waals surface area (Å²) >= 11 is 0. The van der Waals surface area contributed by atoms with Crippen molar-refractivity contribution in [2.24, 2.45) is 0 Å². The molecule has 1 heterocycles. The van der Waals surface area contributed by atoms with Crippen LogP contribution in [0.2, 0.25) is 0 Å². The molecular formula is C22H24N2O3S. The minimum absolute atomic E-state index is 0.135. The number of hydrogen-bond acceptors (Lipinski definition) is 3. The van der Waals surface area contributed by atoms with Crippen molar-refractivity contribution < 1.29 is 13.2 Å². The van der Waals surface area contributed by atoms with Crippen LogP contribution >= 0.6 is 0 Å². The van der Waals surface area contributed by atoms with Gasteiger partial charge in [0, 0.05) is 31.6 Å². The van der Waals surface area contributed by atoms with Gasteiger partial charge in [-0.1, -0.05) is 60.7 Å². The van der Waals surface area contributed by atoms with Crippen LogP contribution in [0.15, 0.2) is 66.1 Å². The number of carbonyl (C=O) groups excluding carboxylic acids is 1. The molecule has 2 aliphatic rings. The average Bonchev–Trinajstić information content (AvgIpc) is 3.55. The third-order valence-corrected chi connectivity index (χ3v) is 7.17. The first-order valence-electron chi connectivity index (χ1n) is 9.59. The number of piperazine rings is 1. The fourth-order valence-corrected chi connectivity index (χ4v) is 4.94. The van der Waals surface area contributed by atoms with Gasteiger partial charge in [-0.05, 0) is 30.0 Å². The highest BCUT2D eigenvalue weighted by molar-refractivity contribution is 7.92. The molecule has 4 rings (SSSR count). The second-order valence-electron chi connectivity index (χ2n) is 7.40. The lowest BCUT2D eigenvalue weighted by atomic mass is 9.94. The van der Waals surface area contributed by atoms with Crippen molar-refractivity contribution in [1.29, 1.82) is 0 Å². The second kappa shape index (κ2) is 7.53. The molecule has 2 aromatic rings. The van der Waals surface area contributed by atoms with Crippen molar-refractivity contribution in [3.63, 3.8) is 0 Å². The summed E-state index contributed by atoms with van der Waals surface area (Å²) in [7, 11) is -3.49. The van der Waals surface area contributed by atoms with E-state index in [9.17, 15) is 13.2 Å². The number of carbonyl (C=O) groups is 1. The van der Waals surface area contributed by atoms with Crippen molar-refractivity contribution in [3.05, 3.63) is 77.2 Å². The Morgan fingerprint density at radius 2 is 1.43 bits per heavy atom. The first-order valence-corrected chi connectivity index (χ1v) is 11.1. The normalized spacial score (nSPS) is 19.6.